The average Bonchev–Trinajstić information content (AvgIpc) is 3.21. The van der Waals surface area contributed by atoms with E-state index in [1.807, 2.05) is 20.9 Å². The number of rotatable bonds is 5. The van der Waals surface area contributed by atoms with E-state index in [2.05, 4.69) is 20.6 Å². The second-order valence-corrected chi connectivity index (χ2v) is 6.21. The molecule has 7 nitrogen and oxygen atoms in total. The largest absolute Gasteiger partial charge is 0.351 e. The maximum atomic E-state index is 12.3. The number of amides is 1. The van der Waals surface area contributed by atoms with Gasteiger partial charge in [0.15, 0.2) is 5.82 Å². The lowest BCUT2D eigenvalue weighted by molar-refractivity contribution is 0.0952. The fourth-order valence-corrected chi connectivity index (χ4v) is 3.19. The van der Waals surface area contributed by atoms with Crippen molar-refractivity contribution in [2.24, 2.45) is 7.05 Å². The molecule has 0 bridgehead atoms. The van der Waals surface area contributed by atoms with Crippen molar-refractivity contribution in [3.63, 3.8) is 0 Å². The maximum absolute atomic E-state index is 12.3. The first-order chi connectivity index (χ1) is 11.1. The molecule has 0 aromatic carbocycles. The van der Waals surface area contributed by atoms with Gasteiger partial charge in [0, 0.05) is 31.6 Å². The summed E-state index contributed by atoms with van der Waals surface area (Å²) in [4.78, 5) is 16.7. The van der Waals surface area contributed by atoms with Crippen LogP contribution in [0.4, 0.5) is 0 Å². The van der Waals surface area contributed by atoms with Crippen molar-refractivity contribution in [2.45, 2.75) is 51.9 Å². The van der Waals surface area contributed by atoms with Crippen LogP contribution in [0.25, 0.3) is 0 Å². The Bertz CT molecular complexity index is 697. The lowest BCUT2D eigenvalue weighted by Crippen LogP contribution is -2.27. The molecule has 0 unspecified atom stereocenters. The monoisotopic (exact) mass is 317 g/mol. The fourth-order valence-electron chi connectivity index (χ4n) is 3.19. The topological polar surface area (TPSA) is 85.8 Å². The Balaban J connectivity index is 1.54. The van der Waals surface area contributed by atoms with E-state index in [1.54, 1.807) is 4.68 Å². The minimum absolute atomic E-state index is 0.104. The predicted molar refractivity (Wildman–Crippen MR) is 84.2 cm³/mol. The van der Waals surface area contributed by atoms with E-state index < -0.39 is 0 Å². The van der Waals surface area contributed by atoms with E-state index in [1.165, 1.54) is 12.8 Å². The highest BCUT2D eigenvalue weighted by Gasteiger charge is 2.23. The molecule has 0 aliphatic heterocycles. The molecule has 124 valence electrons. The van der Waals surface area contributed by atoms with Crippen LogP contribution in [0.2, 0.25) is 0 Å². The van der Waals surface area contributed by atoms with E-state index in [0.717, 1.165) is 30.1 Å². The summed E-state index contributed by atoms with van der Waals surface area (Å²) < 4.78 is 7.06. The van der Waals surface area contributed by atoms with Crippen LogP contribution >= 0.6 is 0 Å². The standard InChI is InChI=1S/C16H23N5O2/c1-10-14(11(2)21(3)19-10)15(22)17-9-8-13-18-16(23-20-13)12-6-4-5-7-12/h12H,4-9H2,1-3H3,(H,17,22). The minimum Gasteiger partial charge on any atom is -0.351 e. The van der Waals surface area contributed by atoms with Gasteiger partial charge in [-0.15, -0.1) is 0 Å². The Hall–Kier alpha value is -2.18. The summed E-state index contributed by atoms with van der Waals surface area (Å²) in [5.41, 5.74) is 2.25. The molecule has 1 aliphatic carbocycles. The smallest absolute Gasteiger partial charge is 0.255 e. The molecule has 1 fully saturated rings. The Morgan fingerprint density at radius 1 is 1.35 bits per heavy atom. The summed E-state index contributed by atoms with van der Waals surface area (Å²) in [5, 5.41) is 11.2. The third-order valence-electron chi connectivity index (χ3n) is 4.56. The lowest BCUT2D eigenvalue weighted by Gasteiger charge is -2.04. The lowest BCUT2D eigenvalue weighted by atomic mass is 10.1. The SMILES string of the molecule is Cc1nn(C)c(C)c1C(=O)NCCc1noc(C2CCCC2)n1. The second kappa shape index (κ2) is 6.52. The van der Waals surface area contributed by atoms with Crippen LogP contribution in [0.5, 0.6) is 0 Å². The van der Waals surface area contributed by atoms with Crippen molar-refractivity contribution in [2.75, 3.05) is 6.54 Å². The number of hydrogen-bond donors (Lipinski definition) is 1. The van der Waals surface area contributed by atoms with Crippen molar-refractivity contribution < 1.29 is 9.32 Å². The number of nitrogens with one attached hydrogen (secondary N) is 1. The first-order valence-electron chi connectivity index (χ1n) is 8.17. The minimum atomic E-state index is -0.104. The van der Waals surface area contributed by atoms with Gasteiger partial charge < -0.3 is 9.84 Å². The zero-order chi connectivity index (χ0) is 16.4. The summed E-state index contributed by atoms with van der Waals surface area (Å²) in [6.07, 6.45) is 5.32. The molecule has 1 aliphatic rings. The summed E-state index contributed by atoms with van der Waals surface area (Å²) in [7, 11) is 1.84. The third kappa shape index (κ3) is 3.28. The van der Waals surface area contributed by atoms with Crippen LogP contribution in [0.1, 0.15) is 65.1 Å². The van der Waals surface area contributed by atoms with Crippen LogP contribution < -0.4 is 5.32 Å². The molecule has 3 rings (SSSR count). The maximum Gasteiger partial charge on any atom is 0.255 e. The van der Waals surface area contributed by atoms with Gasteiger partial charge in [-0.2, -0.15) is 10.1 Å². The summed E-state index contributed by atoms with van der Waals surface area (Å²) in [5.74, 6) is 1.73. The first-order valence-corrected chi connectivity index (χ1v) is 8.17. The van der Waals surface area contributed by atoms with Crippen LogP contribution in [-0.2, 0) is 13.5 Å². The van der Waals surface area contributed by atoms with Gasteiger partial charge in [0.25, 0.3) is 5.91 Å². The molecule has 0 atom stereocenters. The zero-order valence-electron chi connectivity index (χ0n) is 13.9. The summed E-state index contributed by atoms with van der Waals surface area (Å²) >= 11 is 0. The van der Waals surface area contributed by atoms with E-state index in [-0.39, 0.29) is 5.91 Å². The van der Waals surface area contributed by atoms with E-state index in [9.17, 15) is 4.79 Å². The third-order valence-corrected chi connectivity index (χ3v) is 4.56. The predicted octanol–water partition coefficient (Wildman–Crippen LogP) is 2.05. The fraction of sp³-hybridized carbons (Fsp3) is 0.625. The molecule has 2 heterocycles. The van der Waals surface area contributed by atoms with Gasteiger partial charge in [-0.25, -0.2) is 0 Å². The Kier molecular flexibility index (Phi) is 4.45. The molecule has 1 N–H and O–H groups in total. The Morgan fingerprint density at radius 3 is 2.74 bits per heavy atom. The van der Waals surface area contributed by atoms with Crippen LogP contribution in [0.15, 0.2) is 4.52 Å². The highest BCUT2D eigenvalue weighted by molar-refractivity contribution is 5.96. The molecule has 2 aromatic rings. The van der Waals surface area contributed by atoms with Crippen molar-refractivity contribution in [1.29, 1.82) is 0 Å². The molecular formula is C16H23N5O2. The van der Waals surface area contributed by atoms with E-state index in [4.69, 9.17) is 4.52 Å². The van der Waals surface area contributed by atoms with Crippen molar-refractivity contribution >= 4 is 5.91 Å². The molecule has 0 saturated heterocycles. The highest BCUT2D eigenvalue weighted by Crippen LogP contribution is 2.32. The highest BCUT2D eigenvalue weighted by atomic mass is 16.5. The normalized spacial score (nSPS) is 15.3. The number of carbonyl (C=O) groups is 1. The molecular weight excluding hydrogens is 294 g/mol. The number of aryl methyl sites for hydroxylation is 2. The Labute approximate surface area is 135 Å². The number of carbonyl (C=O) groups excluding carboxylic acids is 1. The van der Waals surface area contributed by atoms with Gasteiger partial charge in [0.1, 0.15) is 0 Å². The van der Waals surface area contributed by atoms with Gasteiger partial charge in [0.05, 0.1) is 11.3 Å². The van der Waals surface area contributed by atoms with E-state index >= 15 is 0 Å². The van der Waals surface area contributed by atoms with Gasteiger partial charge in [-0.05, 0) is 26.7 Å². The second-order valence-electron chi connectivity index (χ2n) is 6.21. The van der Waals surface area contributed by atoms with Crippen molar-refractivity contribution in [3.05, 3.63) is 28.7 Å². The van der Waals surface area contributed by atoms with Gasteiger partial charge >= 0.3 is 0 Å². The molecule has 1 saturated carbocycles. The van der Waals surface area contributed by atoms with E-state index in [0.29, 0.717) is 30.3 Å². The Morgan fingerprint density at radius 2 is 2.09 bits per heavy atom. The average molecular weight is 317 g/mol. The van der Waals surface area contributed by atoms with Gasteiger partial charge in [-0.3, -0.25) is 9.48 Å². The van der Waals surface area contributed by atoms with Crippen molar-refractivity contribution in [1.82, 2.24) is 25.2 Å². The molecule has 7 heteroatoms. The molecule has 2 aromatic heterocycles. The molecule has 23 heavy (non-hydrogen) atoms. The molecule has 0 radical (unpaired) electrons. The quantitative estimate of drug-likeness (QED) is 0.912. The number of hydrogen-bond acceptors (Lipinski definition) is 5. The molecule has 0 spiro atoms. The van der Waals surface area contributed by atoms with Gasteiger partial charge in [-0.1, -0.05) is 18.0 Å². The number of aromatic nitrogens is 4. The summed E-state index contributed by atoms with van der Waals surface area (Å²) in [6, 6.07) is 0. The first kappa shape index (κ1) is 15.7. The van der Waals surface area contributed by atoms with Crippen LogP contribution in [0, 0.1) is 13.8 Å². The molecule has 1 amide bonds. The van der Waals surface area contributed by atoms with Crippen LogP contribution in [0.3, 0.4) is 0 Å². The zero-order valence-corrected chi connectivity index (χ0v) is 13.9. The number of nitrogens with zero attached hydrogens (tertiary/aromatic N) is 4. The van der Waals surface area contributed by atoms with Crippen molar-refractivity contribution in [3.8, 4) is 0 Å². The van der Waals surface area contributed by atoms with Crippen LogP contribution in [-0.4, -0.2) is 32.4 Å². The summed E-state index contributed by atoms with van der Waals surface area (Å²) in [6.45, 7) is 4.22. The van der Waals surface area contributed by atoms with Gasteiger partial charge in [0.2, 0.25) is 5.89 Å².